The summed E-state index contributed by atoms with van der Waals surface area (Å²) in [4.78, 5) is 18.4. The molecule has 5 heteroatoms. The SMILES string of the molecule is CC(C)(C)c1cc(CP(=O)(O)O)c(O)c(C(C)(C)C)c1. The lowest BCUT2D eigenvalue weighted by atomic mass is 9.79. The van der Waals surface area contributed by atoms with Crippen LogP contribution in [0.1, 0.15) is 58.2 Å². The minimum absolute atomic E-state index is 0.00572. The molecule has 4 nitrogen and oxygen atoms in total. The molecule has 0 spiro atoms. The van der Waals surface area contributed by atoms with Gasteiger partial charge in [-0.2, -0.15) is 0 Å². The average Bonchev–Trinajstić information content (AvgIpc) is 2.15. The molecule has 1 rings (SSSR count). The number of phenolic OH excluding ortho intramolecular Hbond substituents is 1. The van der Waals surface area contributed by atoms with Crippen LogP contribution < -0.4 is 0 Å². The molecule has 1 aromatic carbocycles. The maximum absolute atomic E-state index is 11.3. The second kappa shape index (κ2) is 5.18. The molecule has 0 aromatic heterocycles. The highest BCUT2D eigenvalue weighted by molar-refractivity contribution is 7.50. The van der Waals surface area contributed by atoms with E-state index in [2.05, 4.69) is 0 Å². The number of aromatic hydroxyl groups is 1. The van der Waals surface area contributed by atoms with Crippen LogP contribution >= 0.6 is 7.60 Å². The Morgan fingerprint density at radius 3 is 1.85 bits per heavy atom. The molecule has 0 unspecified atom stereocenters. The van der Waals surface area contributed by atoms with Gasteiger partial charge in [0.25, 0.3) is 0 Å². The lowest BCUT2D eigenvalue weighted by Gasteiger charge is -2.27. The number of phenols is 1. The molecule has 0 saturated carbocycles. The summed E-state index contributed by atoms with van der Waals surface area (Å²) in [5.74, 6) is -0.00572. The molecular formula is C15H25O4P. The Morgan fingerprint density at radius 1 is 1.00 bits per heavy atom. The molecule has 0 bridgehead atoms. The summed E-state index contributed by atoms with van der Waals surface area (Å²) in [6.07, 6.45) is -0.439. The van der Waals surface area contributed by atoms with Crippen molar-refractivity contribution >= 4 is 7.60 Å². The number of rotatable bonds is 2. The van der Waals surface area contributed by atoms with Crippen LogP contribution in [0.2, 0.25) is 0 Å². The zero-order valence-corrected chi connectivity index (χ0v) is 14.0. The van der Waals surface area contributed by atoms with Gasteiger partial charge in [0.2, 0.25) is 0 Å². The average molecular weight is 300 g/mol. The molecule has 114 valence electrons. The van der Waals surface area contributed by atoms with E-state index >= 15 is 0 Å². The van der Waals surface area contributed by atoms with Gasteiger partial charge in [0.15, 0.2) is 0 Å². The van der Waals surface area contributed by atoms with E-state index in [-0.39, 0.29) is 16.6 Å². The van der Waals surface area contributed by atoms with E-state index < -0.39 is 13.8 Å². The Kier molecular flexibility index (Phi) is 4.46. The predicted molar refractivity (Wildman–Crippen MR) is 81.3 cm³/mol. The van der Waals surface area contributed by atoms with E-state index in [9.17, 15) is 19.5 Å². The van der Waals surface area contributed by atoms with Gasteiger partial charge in [-0.15, -0.1) is 0 Å². The third-order valence-corrected chi connectivity index (χ3v) is 3.99. The fourth-order valence-electron chi connectivity index (χ4n) is 2.04. The molecule has 3 N–H and O–H groups in total. The van der Waals surface area contributed by atoms with Crippen LogP contribution in [0, 0.1) is 0 Å². The van der Waals surface area contributed by atoms with Crippen LogP contribution in [0.4, 0.5) is 0 Å². The van der Waals surface area contributed by atoms with Crippen molar-refractivity contribution in [2.45, 2.75) is 58.5 Å². The second-order valence-corrected chi connectivity index (χ2v) is 9.00. The molecule has 0 radical (unpaired) electrons. The zero-order valence-electron chi connectivity index (χ0n) is 13.1. The summed E-state index contributed by atoms with van der Waals surface area (Å²) in [6, 6.07) is 3.63. The summed E-state index contributed by atoms with van der Waals surface area (Å²) in [5.41, 5.74) is 1.54. The third-order valence-electron chi connectivity index (χ3n) is 3.24. The molecule has 0 aliphatic heterocycles. The van der Waals surface area contributed by atoms with Crippen molar-refractivity contribution in [1.29, 1.82) is 0 Å². The highest BCUT2D eigenvalue weighted by Crippen LogP contribution is 2.45. The van der Waals surface area contributed by atoms with Crippen molar-refractivity contribution in [3.05, 3.63) is 28.8 Å². The van der Waals surface area contributed by atoms with E-state index in [4.69, 9.17) is 0 Å². The smallest absolute Gasteiger partial charge is 0.330 e. The second-order valence-electron chi connectivity index (χ2n) is 7.35. The highest BCUT2D eigenvalue weighted by Gasteiger charge is 2.27. The van der Waals surface area contributed by atoms with Crippen molar-refractivity contribution in [1.82, 2.24) is 0 Å². The Labute approximate surface area is 121 Å². The predicted octanol–water partition coefficient (Wildman–Crippen LogP) is 3.66. The zero-order chi connectivity index (χ0) is 15.9. The van der Waals surface area contributed by atoms with Gasteiger partial charge in [-0.05, 0) is 22.0 Å². The molecule has 0 amide bonds. The first-order valence-electron chi connectivity index (χ1n) is 6.63. The van der Waals surface area contributed by atoms with Crippen LogP contribution in [0.25, 0.3) is 0 Å². The van der Waals surface area contributed by atoms with E-state index in [1.165, 1.54) is 0 Å². The molecule has 1 aromatic rings. The van der Waals surface area contributed by atoms with Gasteiger partial charge in [-0.3, -0.25) is 4.57 Å². The number of hydrogen-bond acceptors (Lipinski definition) is 2. The first-order valence-corrected chi connectivity index (χ1v) is 8.43. The summed E-state index contributed by atoms with van der Waals surface area (Å²) < 4.78 is 11.3. The number of benzene rings is 1. The molecule has 0 atom stereocenters. The van der Waals surface area contributed by atoms with E-state index in [1.54, 1.807) is 6.07 Å². The van der Waals surface area contributed by atoms with Gasteiger partial charge in [-0.1, -0.05) is 53.7 Å². The van der Waals surface area contributed by atoms with Crippen molar-refractivity contribution in [3.8, 4) is 5.75 Å². The van der Waals surface area contributed by atoms with Gasteiger partial charge in [0, 0.05) is 5.56 Å². The van der Waals surface area contributed by atoms with E-state index in [1.807, 2.05) is 47.6 Å². The normalized spacial score (nSPS) is 13.6. The Hall–Kier alpha value is -0.830. The van der Waals surface area contributed by atoms with Crippen molar-refractivity contribution in [2.75, 3.05) is 0 Å². The van der Waals surface area contributed by atoms with Crippen molar-refractivity contribution in [2.24, 2.45) is 0 Å². The lowest BCUT2D eigenvalue weighted by molar-refractivity contribution is 0.369. The van der Waals surface area contributed by atoms with Gasteiger partial charge < -0.3 is 14.9 Å². The van der Waals surface area contributed by atoms with Crippen LogP contribution in [0.3, 0.4) is 0 Å². The molecule has 0 saturated heterocycles. The summed E-state index contributed by atoms with van der Waals surface area (Å²) in [5, 5.41) is 10.3. The lowest BCUT2D eigenvalue weighted by Crippen LogP contribution is -2.17. The summed E-state index contributed by atoms with van der Waals surface area (Å²) in [6.45, 7) is 12.0. The minimum atomic E-state index is -4.22. The molecule has 0 fully saturated rings. The van der Waals surface area contributed by atoms with Crippen molar-refractivity contribution < 1.29 is 19.5 Å². The molecule has 0 aliphatic rings. The van der Waals surface area contributed by atoms with Gasteiger partial charge in [0.05, 0.1) is 6.16 Å². The van der Waals surface area contributed by atoms with E-state index in [0.717, 1.165) is 5.56 Å². The molecule has 0 aliphatic carbocycles. The molecular weight excluding hydrogens is 275 g/mol. The van der Waals surface area contributed by atoms with E-state index in [0.29, 0.717) is 11.1 Å². The fraction of sp³-hybridized carbons (Fsp3) is 0.600. The van der Waals surface area contributed by atoms with Crippen LogP contribution in [0.15, 0.2) is 12.1 Å². The Morgan fingerprint density at radius 2 is 1.50 bits per heavy atom. The van der Waals surface area contributed by atoms with Gasteiger partial charge >= 0.3 is 7.60 Å². The maximum atomic E-state index is 11.3. The minimum Gasteiger partial charge on any atom is -0.507 e. The highest BCUT2D eigenvalue weighted by atomic mass is 31.2. The summed E-state index contributed by atoms with van der Waals surface area (Å²) in [7, 11) is -4.22. The largest absolute Gasteiger partial charge is 0.507 e. The van der Waals surface area contributed by atoms with Gasteiger partial charge in [-0.25, -0.2) is 0 Å². The van der Waals surface area contributed by atoms with Crippen LogP contribution in [-0.2, 0) is 21.6 Å². The van der Waals surface area contributed by atoms with Crippen LogP contribution in [-0.4, -0.2) is 14.9 Å². The maximum Gasteiger partial charge on any atom is 0.330 e. The quantitative estimate of drug-likeness (QED) is 0.728. The molecule has 20 heavy (non-hydrogen) atoms. The topological polar surface area (TPSA) is 77.8 Å². The van der Waals surface area contributed by atoms with Gasteiger partial charge in [0.1, 0.15) is 5.75 Å². The number of hydrogen-bond donors (Lipinski definition) is 3. The Balaban J connectivity index is 3.55. The van der Waals surface area contributed by atoms with Crippen molar-refractivity contribution in [3.63, 3.8) is 0 Å². The fourth-order valence-corrected chi connectivity index (χ4v) is 2.73. The monoisotopic (exact) mass is 300 g/mol. The summed E-state index contributed by atoms with van der Waals surface area (Å²) >= 11 is 0. The standard InChI is InChI=1S/C15H25O4P/c1-14(2,3)11-7-10(9-20(17,18)19)13(16)12(8-11)15(4,5)6/h7-8,16H,9H2,1-6H3,(H2,17,18,19). The van der Waals surface area contributed by atoms with Crippen LogP contribution in [0.5, 0.6) is 5.75 Å². The Bertz CT molecular complexity index is 544. The third kappa shape index (κ3) is 4.34. The molecule has 0 heterocycles. The first kappa shape index (κ1) is 17.2. The first-order chi connectivity index (χ1) is 8.72.